The van der Waals surface area contributed by atoms with Crippen LogP contribution >= 0.6 is 0 Å². The van der Waals surface area contributed by atoms with Crippen molar-refractivity contribution in [1.82, 2.24) is 10.2 Å². The van der Waals surface area contributed by atoms with Crippen molar-refractivity contribution in [2.75, 3.05) is 18.0 Å². The van der Waals surface area contributed by atoms with Gasteiger partial charge in [-0.1, -0.05) is 62.4 Å². The third kappa shape index (κ3) is 8.66. The molecule has 0 aliphatic rings. The number of anilines is 1. The molecule has 2 atom stereocenters. The fraction of sp³-hybridized carbons (Fsp3) is 0.278. The van der Waals surface area contributed by atoms with Crippen LogP contribution in [0, 0.1) is 0 Å². The van der Waals surface area contributed by atoms with Crippen LogP contribution in [0.2, 0.25) is 0 Å². The van der Waals surface area contributed by atoms with Crippen LogP contribution in [0.15, 0.2) is 114 Å². The standard InChI is InChI=1S/C36H41N3O6S/c1-5-27(3)37-36(41)34(6-2)38(25-28-14-13-17-32(24-28)44-4)35(40)26-39(46(42,43)33-18-11-8-12-19-33)29-20-22-31(23-21-29)45-30-15-9-7-10-16-30/h7-24,27,34H,5-6,25-26H2,1-4H3,(H,37,41). The minimum Gasteiger partial charge on any atom is -0.497 e. The number of nitrogens with zero attached hydrogens (tertiary/aromatic N) is 2. The van der Waals surface area contributed by atoms with Crippen molar-refractivity contribution in [3.8, 4) is 17.2 Å². The highest BCUT2D eigenvalue weighted by Crippen LogP contribution is 2.29. The molecular formula is C36H41N3O6S. The van der Waals surface area contributed by atoms with Gasteiger partial charge in [-0.3, -0.25) is 13.9 Å². The molecule has 2 unspecified atom stereocenters. The lowest BCUT2D eigenvalue weighted by Gasteiger charge is -2.33. The summed E-state index contributed by atoms with van der Waals surface area (Å²) in [4.78, 5) is 29.3. The maximum Gasteiger partial charge on any atom is 0.264 e. The number of carbonyl (C=O) groups is 2. The Kier molecular flexibility index (Phi) is 11.8. The Balaban J connectivity index is 1.72. The van der Waals surface area contributed by atoms with Gasteiger partial charge in [-0.2, -0.15) is 0 Å². The number of ether oxygens (including phenoxy) is 2. The van der Waals surface area contributed by atoms with Gasteiger partial charge in [0.25, 0.3) is 10.0 Å². The topological polar surface area (TPSA) is 105 Å². The number of methoxy groups -OCH3 is 1. The highest BCUT2D eigenvalue weighted by Gasteiger charge is 2.34. The zero-order valence-corrected chi connectivity index (χ0v) is 27.4. The summed E-state index contributed by atoms with van der Waals surface area (Å²) < 4.78 is 40.6. The summed E-state index contributed by atoms with van der Waals surface area (Å²) >= 11 is 0. The molecule has 1 N–H and O–H groups in total. The van der Waals surface area contributed by atoms with Crippen molar-refractivity contribution in [3.63, 3.8) is 0 Å². The number of benzene rings is 4. The number of sulfonamides is 1. The predicted molar refractivity (Wildman–Crippen MR) is 179 cm³/mol. The van der Waals surface area contributed by atoms with Crippen LogP contribution < -0.4 is 19.1 Å². The highest BCUT2D eigenvalue weighted by molar-refractivity contribution is 7.92. The van der Waals surface area contributed by atoms with E-state index in [1.165, 1.54) is 17.0 Å². The van der Waals surface area contributed by atoms with Gasteiger partial charge in [-0.25, -0.2) is 8.42 Å². The van der Waals surface area contributed by atoms with Crippen LogP contribution in [-0.2, 0) is 26.2 Å². The number of carbonyl (C=O) groups excluding carboxylic acids is 2. The summed E-state index contributed by atoms with van der Waals surface area (Å²) in [7, 11) is -2.63. The van der Waals surface area contributed by atoms with E-state index in [9.17, 15) is 18.0 Å². The molecule has 0 heterocycles. The van der Waals surface area contributed by atoms with E-state index in [0.29, 0.717) is 23.7 Å². The first-order chi connectivity index (χ1) is 22.2. The predicted octanol–water partition coefficient (Wildman–Crippen LogP) is 6.40. The fourth-order valence-corrected chi connectivity index (χ4v) is 6.32. The molecule has 0 saturated heterocycles. The second-order valence-electron chi connectivity index (χ2n) is 10.8. The average Bonchev–Trinajstić information content (AvgIpc) is 3.08. The summed E-state index contributed by atoms with van der Waals surface area (Å²) in [5.74, 6) is 0.915. The van der Waals surface area contributed by atoms with Crippen LogP contribution in [0.4, 0.5) is 5.69 Å². The molecule has 9 nitrogen and oxygen atoms in total. The van der Waals surface area contributed by atoms with E-state index in [-0.39, 0.29) is 29.1 Å². The van der Waals surface area contributed by atoms with Gasteiger partial charge in [0.15, 0.2) is 0 Å². The van der Waals surface area contributed by atoms with E-state index in [1.807, 2.05) is 63.2 Å². The summed E-state index contributed by atoms with van der Waals surface area (Å²) in [5, 5.41) is 2.99. The Hall–Kier alpha value is -4.83. The van der Waals surface area contributed by atoms with Gasteiger partial charge >= 0.3 is 0 Å². The molecule has 0 spiro atoms. The molecule has 0 radical (unpaired) electrons. The van der Waals surface area contributed by atoms with Gasteiger partial charge < -0.3 is 19.7 Å². The second-order valence-corrected chi connectivity index (χ2v) is 12.7. The second kappa shape index (κ2) is 15.9. The quantitative estimate of drug-likeness (QED) is 0.161. The molecular weight excluding hydrogens is 602 g/mol. The Labute approximate surface area is 271 Å². The zero-order valence-electron chi connectivity index (χ0n) is 26.6. The van der Waals surface area contributed by atoms with E-state index in [1.54, 1.807) is 61.7 Å². The van der Waals surface area contributed by atoms with Crippen LogP contribution in [-0.4, -0.2) is 50.9 Å². The Bertz CT molecular complexity index is 1680. The molecule has 2 amide bonds. The molecule has 46 heavy (non-hydrogen) atoms. The SMILES string of the molecule is CCC(C)NC(=O)C(CC)N(Cc1cccc(OC)c1)C(=O)CN(c1ccc(Oc2ccccc2)cc1)S(=O)(=O)c1ccccc1. The number of rotatable bonds is 15. The normalized spacial score (nSPS) is 12.4. The lowest BCUT2D eigenvalue weighted by Crippen LogP contribution is -2.53. The van der Waals surface area contributed by atoms with E-state index < -0.39 is 28.5 Å². The highest BCUT2D eigenvalue weighted by atomic mass is 32.2. The molecule has 0 fully saturated rings. The van der Waals surface area contributed by atoms with E-state index in [0.717, 1.165) is 16.3 Å². The van der Waals surface area contributed by atoms with Crippen molar-refractivity contribution in [3.05, 3.63) is 115 Å². The monoisotopic (exact) mass is 643 g/mol. The van der Waals surface area contributed by atoms with Gasteiger partial charge in [0.05, 0.1) is 17.7 Å². The van der Waals surface area contributed by atoms with Crippen molar-refractivity contribution in [2.45, 2.75) is 57.1 Å². The van der Waals surface area contributed by atoms with Crippen LogP contribution in [0.1, 0.15) is 39.2 Å². The Morgan fingerprint density at radius 3 is 2.00 bits per heavy atom. The number of hydrogen-bond acceptors (Lipinski definition) is 6. The average molecular weight is 644 g/mol. The summed E-state index contributed by atoms with van der Waals surface area (Å²) in [6.07, 6.45) is 1.05. The van der Waals surface area contributed by atoms with Gasteiger partial charge in [0, 0.05) is 12.6 Å². The van der Waals surface area contributed by atoms with Crippen LogP contribution in [0.5, 0.6) is 17.2 Å². The Morgan fingerprint density at radius 2 is 1.39 bits per heavy atom. The van der Waals surface area contributed by atoms with E-state index in [4.69, 9.17) is 9.47 Å². The first-order valence-electron chi connectivity index (χ1n) is 15.3. The Morgan fingerprint density at radius 1 is 0.783 bits per heavy atom. The third-order valence-electron chi connectivity index (χ3n) is 7.59. The maximum absolute atomic E-state index is 14.3. The molecule has 10 heteroatoms. The third-order valence-corrected chi connectivity index (χ3v) is 9.38. The van der Waals surface area contributed by atoms with E-state index >= 15 is 0 Å². The number of amides is 2. The molecule has 0 aliphatic heterocycles. The number of nitrogens with one attached hydrogen (secondary N) is 1. The summed E-state index contributed by atoms with van der Waals surface area (Å²) in [6.45, 7) is 5.24. The van der Waals surface area contributed by atoms with Gasteiger partial charge in [-0.05, 0) is 86.0 Å². The molecule has 4 aromatic carbocycles. The van der Waals surface area contributed by atoms with Crippen molar-refractivity contribution in [1.29, 1.82) is 0 Å². The zero-order chi connectivity index (χ0) is 33.1. The van der Waals surface area contributed by atoms with Crippen LogP contribution in [0.25, 0.3) is 0 Å². The molecule has 0 saturated carbocycles. The first-order valence-corrected chi connectivity index (χ1v) is 16.7. The summed E-state index contributed by atoms with van der Waals surface area (Å²) in [6, 6.07) is 30.0. The number of hydrogen-bond donors (Lipinski definition) is 1. The first kappa shape index (κ1) is 34.1. The van der Waals surface area contributed by atoms with Crippen molar-refractivity contribution < 1.29 is 27.5 Å². The van der Waals surface area contributed by atoms with Crippen molar-refractivity contribution >= 4 is 27.5 Å². The lowest BCUT2D eigenvalue weighted by molar-refractivity contribution is -0.140. The molecule has 0 aliphatic carbocycles. The fourth-order valence-electron chi connectivity index (χ4n) is 4.88. The maximum atomic E-state index is 14.3. The smallest absolute Gasteiger partial charge is 0.264 e. The van der Waals surface area contributed by atoms with Gasteiger partial charge in [0.1, 0.15) is 29.8 Å². The summed E-state index contributed by atoms with van der Waals surface area (Å²) in [5.41, 5.74) is 1.01. The molecule has 4 aromatic rings. The molecule has 0 aromatic heterocycles. The van der Waals surface area contributed by atoms with E-state index in [2.05, 4.69) is 5.32 Å². The lowest BCUT2D eigenvalue weighted by atomic mass is 10.1. The molecule has 4 rings (SSSR count). The van der Waals surface area contributed by atoms with Crippen molar-refractivity contribution in [2.24, 2.45) is 0 Å². The van der Waals surface area contributed by atoms with Gasteiger partial charge in [0.2, 0.25) is 11.8 Å². The minimum atomic E-state index is -4.19. The van der Waals surface area contributed by atoms with Crippen LogP contribution in [0.3, 0.4) is 0 Å². The minimum absolute atomic E-state index is 0.0355. The van der Waals surface area contributed by atoms with Gasteiger partial charge in [-0.15, -0.1) is 0 Å². The number of para-hydroxylation sites is 1. The molecule has 0 bridgehead atoms. The largest absolute Gasteiger partial charge is 0.497 e. The molecule has 242 valence electrons.